The second-order valence-corrected chi connectivity index (χ2v) is 5.65. The quantitative estimate of drug-likeness (QED) is 0.839. The van der Waals surface area contributed by atoms with Crippen LogP contribution in [0.15, 0.2) is 36.4 Å². The van der Waals surface area contributed by atoms with Crippen molar-refractivity contribution in [2.75, 3.05) is 0 Å². The summed E-state index contributed by atoms with van der Waals surface area (Å²) < 4.78 is 5.79. The first-order valence-electron chi connectivity index (χ1n) is 5.94. The number of halogens is 2. The van der Waals surface area contributed by atoms with Gasteiger partial charge in [-0.05, 0) is 30.7 Å². The molecule has 0 heterocycles. The van der Waals surface area contributed by atoms with E-state index in [1.165, 1.54) is 0 Å². The second-order valence-electron chi connectivity index (χ2n) is 4.37. The van der Waals surface area contributed by atoms with E-state index in [0.29, 0.717) is 21.6 Å². The molecule has 104 valence electrons. The zero-order valence-electron chi connectivity index (χ0n) is 10.8. The smallest absolute Gasteiger partial charge is 0.123 e. The van der Waals surface area contributed by atoms with Gasteiger partial charge in [0.15, 0.2) is 0 Å². The summed E-state index contributed by atoms with van der Waals surface area (Å²) in [6, 6.07) is 11.0. The minimum atomic E-state index is 0.347. The van der Waals surface area contributed by atoms with Crippen LogP contribution in [0.5, 0.6) is 5.75 Å². The van der Waals surface area contributed by atoms with Gasteiger partial charge in [0.1, 0.15) is 17.3 Å². The number of hydrogen-bond acceptors (Lipinski definition) is 2. The molecule has 0 atom stereocenters. The summed E-state index contributed by atoms with van der Waals surface area (Å²) in [4.78, 5) is 0.347. The molecule has 0 saturated heterocycles. The van der Waals surface area contributed by atoms with Gasteiger partial charge < -0.3 is 10.5 Å². The van der Waals surface area contributed by atoms with Crippen LogP contribution >= 0.6 is 35.4 Å². The molecule has 0 aliphatic rings. The number of nitrogens with two attached hydrogens (primary N) is 1. The molecule has 0 aliphatic heterocycles. The minimum Gasteiger partial charge on any atom is -0.489 e. The van der Waals surface area contributed by atoms with Crippen molar-refractivity contribution in [3.63, 3.8) is 0 Å². The molecule has 2 aromatic rings. The van der Waals surface area contributed by atoms with E-state index in [2.05, 4.69) is 0 Å². The lowest BCUT2D eigenvalue weighted by molar-refractivity contribution is 0.304. The maximum Gasteiger partial charge on any atom is 0.123 e. The van der Waals surface area contributed by atoms with E-state index in [1.807, 2.05) is 31.2 Å². The van der Waals surface area contributed by atoms with Crippen molar-refractivity contribution in [1.29, 1.82) is 0 Å². The van der Waals surface area contributed by atoms with Crippen molar-refractivity contribution in [2.24, 2.45) is 5.73 Å². The van der Waals surface area contributed by atoms with E-state index >= 15 is 0 Å². The van der Waals surface area contributed by atoms with Gasteiger partial charge in [-0.25, -0.2) is 0 Å². The van der Waals surface area contributed by atoms with Gasteiger partial charge in [-0.15, -0.1) is 0 Å². The Morgan fingerprint density at radius 2 is 1.95 bits per heavy atom. The molecule has 0 aromatic heterocycles. The molecule has 0 aliphatic carbocycles. The summed E-state index contributed by atoms with van der Waals surface area (Å²) in [6.45, 7) is 2.32. The molecular weight excluding hydrogens is 313 g/mol. The van der Waals surface area contributed by atoms with Gasteiger partial charge >= 0.3 is 0 Å². The van der Waals surface area contributed by atoms with E-state index in [-0.39, 0.29) is 0 Å². The fourth-order valence-electron chi connectivity index (χ4n) is 1.70. The second kappa shape index (κ2) is 6.44. The van der Waals surface area contributed by atoms with Crippen molar-refractivity contribution >= 4 is 40.4 Å². The standard InChI is InChI=1S/C15H13Cl2NOS/c1-9-2-3-10(15(18)20)6-14(9)19-8-11-4-5-12(16)7-13(11)17/h2-7H,8H2,1H3,(H2,18,20). The molecule has 0 spiro atoms. The van der Waals surface area contributed by atoms with Gasteiger partial charge in [0, 0.05) is 21.2 Å². The van der Waals surface area contributed by atoms with Crippen molar-refractivity contribution < 1.29 is 4.74 Å². The van der Waals surface area contributed by atoms with Crippen LogP contribution in [0.2, 0.25) is 10.0 Å². The monoisotopic (exact) mass is 325 g/mol. The molecule has 5 heteroatoms. The molecule has 2 aromatic carbocycles. The largest absolute Gasteiger partial charge is 0.489 e. The van der Waals surface area contributed by atoms with E-state index in [0.717, 1.165) is 22.4 Å². The topological polar surface area (TPSA) is 35.2 Å². The Balaban J connectivity index is 2.18. The Bertz CT molecular complexity index is 658. The summed E-state index contributed by atoms with van der Waals surface area (Å²) in [5.74, 6) is 0.737. The predicted octanol–water partition coefficient (Wildman–Crippen LogP) is 4.52. The van der Waals surface area contributed by atoms with E-state index in [1.54, 1.807) is 12.1 Å². The maximum absolute atomic E-state index is 6.11. The minimum absolute atomic E-state index is 0.347. The van der Waals surface area contributed by atoms with Crippen LogP contribution in [-0.4, -0.2) is 4.99 Å². The van der Waals surface area contributed by atoms with Crippen LogP contribution in [-0.2, 0) is 6.61 Å². The molecule has 0 fully saturated rings. The van der Waals surface area contributed by atoms with Gasteiger partial charge in [0.25, 0.3) is 0 Å². The van der Waals surface area contributed by atoms with Crippen molar-refractivity contribution in [2.45, 2.75) is 13.5 Å². The van der Waals surface area contributed by atoms with Crippen molar-refractivity contribution in [1.82, 2.24) is 0 Å². The molecule has 2 nitrogen and oxygen atoms in total. The number of thiocarbonyl (C=S) groups is 1. The molecule has 0 amide bonds. The Morgan fingerprint density at radius 3 is 2.60 bits per heavy atom. The Kier molecular flexibility index (Phi) is 4.86. The first kappa shape index (κ1) is 15.1. The van der Waals surface area contributed by atoms with Crippen LogP contribution in [0.1, 0.15) is 16.7 Å². The highest BCUT2D eigenvalue weighted by Crippen LogP contribution is 2.25. The van der Waals surface area contributed by atoms with Crippen LogP contribution in [0, 0.1) is 6.92 Å². The van der Waals surface area contributed by atoms with E-state index in [9.17, 15) is 0 Å². The number of benzene rings is 2. The Labute approximate surface area is 133 Å². The zero-order valence-corrected chi connectivity index (χ0v) is 13.1. The van der Waals surface area contributed by atoms with Crippen LogP contribution < -0.4 is 10.5 Å². The highest BCUT2D eigenvalue weighted by atomic mass is 35.5. The lowest BCUT2D eigenvalue weighted by Gasteiger charge is -2.11. The van der Waals surface area contributed by atoms with Crippen molar-refractivity contribution in [3.8, 4) is 5.75 Å². The third-order valence-electron chi connectivity index (χ3n) is 2.87. The summed E-state index contributed by atoms with van der Waals surface area (Å²) in [7, 11) is 0. The SMILES string of the molecule is Cc1ccc(C(N)=S)cc1OCc1ccc(Cl)cc1Cl. The summed E-state index contributed by atoms with van der Waals surface area (Å²) in [5.41, 5.74) is 8.28. The fourth-order valence-corrected chi connectivity index (χ4v) is 2.29. The van der Waals surface area contributed by atoms with Gasteiger partial charge in [0.05, 0.1) is 0 Å². The summed E-state index contributed by atoms with van der Waals surface area (Å²) >= 11 is 16.9. The first-order valence-corrected chi connectivity index (χ1v) is 7.11. The molecule has 2 N–H and O–H groups in total. The third-order valence-corrected chi connectivity index (χ3v) is 3.69. The number of aryl methyl sites for hydroxylation is 1. The van der Waals surface area contributed by atoms with Gasteiger partial charge in [0.2, 0.25) is 0 Å². The average Bonchev–Trinajstić information content (AvgIpc) is 2.39. The highest BCUT2D eigenvalue weighted by Gasteiger charge is 2.06. The summed E-state index contributed by atoms with van der Waals surface area (Å²) in [6.07, 6.45) is 0. The number of ether oxygens (including phenoxy) is 1. The van der Waals surface area contributed by atoms with Gasteiger partial charge in [-0.1, -0.05) is 53.6 Å². The van der Waals surface area contributed by atoms with Crippen LogP contribution in [0.25, 0.3) is 0 Å². The maximum atomic E-state index is 6.11. The first-order chi connectivity index (χ1) is 9.47. The molecular formula is C15H13Cl2NOS. The Hall–Kier alpha value is -1.29. The lowest BCUT2D eigenvalue weighted by atomic mass is 10.1. The normalized spacial score (nSPS) is 10.3. The predicted molar refractivity (Wildman–Crippen MR) is 87.9 cm³/mol. The van der Waals surface area contributed by atoms with Crippen LogP contribution in [0.4, 0.5) is 0 Å². The zero-order chi connectivity index (χ0) is 14.7. The molecule has 0 radical (unpaired) electrons. The molecule has 0 saturated carbocycles. The molecule has 0 unspecified atom stereocenters. The Morgan fingerprint density at radius 1 is 1.20 bits per heavy atom. The number of rotatable bonds is 4. The van der Waals surface area contributed by atoms with Crippen LogP contribution in [0.3, 0.4) is 0 Å². The molecule has 20 heavy (non-hydrogen) atoms. The number of hydrogen-bond donors (Lipinski definition) is 1. The lowest BCUT2D eigenvalue weighted by Crippen LogP contribution is -2.09. The van der Waals surface area contributed by atoms with Gasteiger partial charge in [-0.3, -0.25) is 0 Å². The van der Waals surface area contributed by atoms with E-state index in [4.69, 9.17) is 45.9 Å². The van der Waals surface area contributed by atoms with Gasteiger partial charge in [-0.2, -0.15) is 0 Å². The van der Waals surface area contributed by atoms with E-state index < -0.39 is 0 Å². The van der Waals surface area contributed by atoms with Crippen molar-refractivity contribution in [3.05, 3.63) is 63.1 Å². The molecule has 2 rings (SSSR count). The molecule has 0 bridgehead atoms. The third kappa shape index (κ3) is 3.63. The highest BCUT2D eigenvalue weighted by molar-refractivity contribution is 7.80. The summed E-state index contributed by atoms with van der Waals surface area (Å²) in [5, 5.41) is 1.19. The average molecular weight is 326 g/mol. The fraction of sp³-hybridized carbons (Fsp3) is 0.133.